The minimum Gasteiger partial charge on any atom is -0.493 e. The summed E-state index contributed by atoms with van der Waals surface area (Å²) in [5.74, 6) is 2.82. The Labute approximate surface area is 163 Å². The molecule has 7 heteroatoms. The topological polar surface area (TPSA) is 78.4 Å². The Bertz CT molecular complexity index is 950. The maximum absolute atomic E-state index is 12.3. The second-order valence-electron chi connectivity index (χ2n) is 6.02. The number of amides is 1. The van der Waals surface area contributed by atoms with Crippen LogP contribution in [-0.4, -0.2) is 40.2 Å². The molecule has 3 rings (SSSR count). The minimum absolute atomic E-state index is 0.245. The highest BCUT2D eigenvalue weighted by molar-refractivity contribution is 6.14. The van der Waals surface area contributed by atoms with E-state index < -0.39 is 0 Å². The van der Waals surface area contributed by atoms with Gasteiger partial charge >= 0.3 is 0 Å². The first-order valence-electron chi connectivity index (χ1n) is 8.61. The molecule has 0 unspecified atom stereocenters. The van der Waals surface area contributed by atoms with E-state index in [9.17, 15) is 4.79 Å². The van der Waals surface area contributed by atoms with E-state index >= 15 is 0 Å². The van der Waals surface area contributed by atoms with Crippen molar-refractivity contribution in [1.29, 1.82) is 0 Å². The number of carbonyl (C=O) groups excluding carboxylic acids is 1. The quantitative estimate of drug-likeness (QED) is 0.745. The SMILES string of the molecule is COc1ccc(/C=C2/N=C(Cc3ccc(OC)c(OC)c3)NC2=O)cc1OC. The number of ether oxygens (including phenoxy) is 4. The summed E-state index contributed by atoms with van der Waals surface area (Å²) in [6.45, 7) is 0. The van der Waals surface area contributed by atoms with Crippen LogP contribution in [0.2, 0.25) is 0 Å². The molecule has 2 aromatic rings. The van der Waals surface area contributed by atoms with E-state index in [1.54, 1.807) is 46.6 Å². The van der Waals surface area contributed by atoms with Crippen LogP contribution in [0.5, 0.6) is 23.0 Å². The van der Waals surface area contributed by atoms with E-state index in [1.807, 2.05) is 24.3 Å². The van der Waals surface area contributed by atoms with Crippen molar-refractivity contribution in [3.8, 4) is 23.0 Å². The summed E-state index contributed by atoms with van der Waals surface area (Å²) >= 11 is 0. The zero-order valence-electron chi connectivity index (χ0n) is 16.2. The fraction of sp³-hybridized carbons (Fsp3) is 0.238. The standard InChI is InChI=1S/C21H22N2O5/c1-25-16-7-5-13(10-18(16)27-3)9-15-21(24)23-20(22-15)12-14-6-8-17(26-2)19(11-14)28-4/h5-11H,12H2,1-4H3,(H,22,23,24)/b15-9+. The lowest BCUT2D eigenvalue weighted by Gasteiger charge is -2.09. The second kappa shape index (κ2) is 8.47. The number of nitrogens with one attached hydrogen (secondary N) is 1. The molecule has 146 valence electrons. The van der Waals surface area contributed by atoms with Crippen LogP contribution < -0.4 is 24.3 Å². The molecule has 2 aromatic carbocycles. The minimum atomic E-state index is -0.245. The van der Waals surface area contributed by atoms with Gasteiger partial charge < -0.3 is 24.3 Å². The molecule has 1 heterocycles. The molecule has 0 spiro atoms. The van der Waals surface area contributed by atoms with Crippen molar-refractivity contribution in [3.05, 3.63) is 53.2 Å². The molecule has 0 saturated carbocycles. The zero-order valence-corrected chi connectivity index (χ0v) is 16.2. The molecular formula is C21H22N2O5. The second-order valence-corrected chi connectivity index (χ2v) is 6.02. The van der Waals surface area contributed by atoms with Gasteiger partial charge in [0.25, 0.3) is 5.91 Å². The fourth-order valence-electron chi connectivity index (χ4n) is 2.89. The van der Waals surface area contributed by atoms with Gasteiger partial charge in [-0.2, -0.15) is 0 Å². The van der Waals surface area contributed by atoms with Gasteiger partial charge in [-0.25, -0.2) is 4.99 Å². The summed E-state index contributed by atoms with van der Waals surface area (Å²) in [7, 11) is 6.31. The molecule has 28 heavy (non-hydrogen) atoms. The number of carbonyl (C=O) groups is 1. The molecule has 1 amide bonds. The Balaban J connectivity index is 1.82. The maximum atomic E-state index is 12.3. The number of hydrogen-bond donors (Lipinski definition) is 1. The number of benzene rings is 2. The number of hydrogen-bond acceptors (Lipinski definition) is 6. The Morgan fingerprint density at radius 1 is 0.857 bits per heavy atom. The van der Waals surface area contributed by atoms with Crippen molar-refractivity contribution >= 4 is 17.8 Å². The van der Waals surface area contributed by atoms with Gasteiger partial charge in [-0.3, -0.25) is 4.79 Å². The summed E-state index contributed by atoms with van der Waals surface area (Å²) in [4.78, 5) is 16.7. The largest absolute Gasteiger partial charge is 0.493 e. The van der Waals surface area contributed by atoms with E-state index in [-0.39, 0.29) is 5.91 Å². The molecular weight excluding hydrogens is 360 g/mol. The van der Waals surface area contributed by atoms with Crippen LogP contribution in [0.1, 0.15) is 11.1 Å². The Morgan fingerprint density at radius 3 is 2.11 bits per heavy atom. The number of nitrogens with zero attached hydrogens (tertiary/aromatic N) is 1. The van der Waals surface area contributed by atoms with E-state index in [2.05, 4.69) is 10.3 Å². The fourth-order valence-corrected chi connectivity index (χ4v) is 2.89. The predicted octanol–water partition coefficient (Wildman–Crippen LogP) is 2.83. The Morgan fingerprint density at radius 2 is 1.46 bits per heavy atom. The summed E-state index contributed by atoms with van der Waals surface area (Å²) in [5.41, 5.74) is 2.07. The highest BCUT2D eigenvalue weighted by atomic mass is 16.5. The Kier molecular flexibility index (Phi) is 5.84. The molecule has 0 aromatic heterocycles. The van der Waals surface area contributed by atoms with Crippen LogP contribution in [0.15, 0.2) is 47.1 Å². The molecule has 0 bridgehead atoms. The first-order chi connectivity index (χ1) is 13.6. The number of amidine groups is 1. The van der Waals surface area contributed by atoms with Crippen LogP contribution in [0.25, 0.3) is 6.08 Å². The molecule has 0 aliphatic carbocycles. The van der Waals surface area contributed by atoms with Crippen LogP contribution in [-0.2, 0) is 11.2 Å². The van der Waals surface area contributed by atoms with Gasteiger partial charge in [-0.05, 0) is 41.5 Å². The normalized spacial score (nSPS) is 14.5. The molecule has 1 aliphatic heterocycles. The first kappa shape index (κ1) is 19.3. The van der Waals surface area contributed by atoms with E-state index in [0.717, 1.165) is 11.1 Å². The molecule has 1 aliphatic rings. The molecule has 7 nitrogen and oxygen atoms in total. The van der Waals surface area contributed by atoms with Crippen molar-refractivity contribution < 1.29 is 23.7 Å². The predicted molar refractivity (Wildman–Crippen MR) is 106 cm³/mol. The third-order valence-electron chi connectivity index (χ3n) is 4.28. The highest BCUT2D eigenvalue weighted by Crippen LogP contribution is 2.30. The van der Waals surface area contributed by atoms with E-state index in [0.29, 0.717) is 41.0 Å². The van der Waals surface area contributed by atoms with Gasteiger partial charge in [0.15, 0.2) is 23.0 Å². The summed E-state index contributed by atoms with van der Waals surface area (Å²) in [5, 5.41) is 2.80. The smallest absolute Gasteiger partial charge is 0.275 e. The highest BCUT2D eigenvalue weighted by Gasteiger charge is 2.20. The van der Waals surface area contributed by atoms with Gasteiger partial charge in [0, 0.05) is 6.42 Å². The number of aliphatic imine (C=N–C) groups is 1. The van der Waals surface area contributed by atoms with E-state index in [1.165, 1.54) is 0 Å². The molecule has 0 saturated heterocycles. The van der Waals surface area contributed by atoms with Crippen molar-refractivity contribution in [2.75, 3.05) is 28.4 Å². The van der Waals surface area contributed by atoms with Crippen molar-refractivity contribution in [3.63, 3.8) is 0 Å². The Hall–Kier alpha value is -3.48. The van der Waals surface area contributed by atoms with Crippen LogP contribution in [0.4, 0.5) is 0 Å². The molecule has 0 atom stereocenters. The average molecular weight is 382 g/mol. The summed E-state index contributed by atoms with van der Waals surface area (Å²) in [6.07, 6.45) is 2.17. The third-order valence-corrected chi connectivity index (χ3v) is 4.28. The number of rotatable bonds is 7. The third kappa shape index (κ3) is 4.09. The molecule has 1 N–H and O–H groups in total. The average Bonchev–Trinajstić information content (AvgIpc) is 3.06. The lowest BCUT2D eigenvalue weighted by molar-refractivity contribution is -0.115. The molecule has 0 fully saturated rings. The van der Waals surface area contributed by atoms with Gasteiger partial charge in [-0.1, -0.05) is 12.1 Å². The monoisotopic (exact) mass is 382 g/mol. The maximum Gasteiger partial charge on any atom is 0.275 e. The summed E-state index contributed by atoms with van der Waals surface area (Å²) in [6, 6.07) is 11.0. The molecule has 0 radical (unpaired) electrons. The zero-order chi connectivity index (χ0) is 20.1. The van der Waals surface area contributed by atoms with Gasteiger partial charge in [0.1, 0.15) is 11.5 Å². The van der Waals surface area contributed by atoms with Crippen LogP contribution >= 0.6 is 0 Å². The summed E-state index contributed by atoms with van der Waals surface area (Å²) < 4.78 is 21.1. The number of methoxy groups -OCH3 is 4. The van der Waals surface area contributed by atoms with Crippen LogP contribution in [0, 0.1) is 0 Å². The van der Waals surface area contributed by atoms with Crippen molar-refractivity contribution in [2.45, 2.75) is 6.42 Å². The lowest BCUT2D eigenvalue weighted by Crippen LogP contribution is -2.25. The van der Waals surface area contributed by atoms with Gasteiger partial charge in [0.2, 0.25) is 0 Å². The van der Waals surface area contributed by atoms with E-state index in [4.69, 9.17) is 18.9 Å². The van der Waals surface area contributed by atoms with Gasteiger partial charge in [-0.15, -0.1) is 0 Å². The van der Waals surface area contributed by atoms with Crippen molar-refractivity contribution in [2.24, 2.45) is 4.99 Å². The van der Waals surface area contributed by atoms with Gasteiger partial charge in [0.05, 0.1) is 28.4 Å². The van der Waals surface area contributed by atoms with Crippen LogP contribution in [0.3, 0.4) is 0 Å². The van der Waals surface area contributed by atoms with Crippen molar-refractivity contribution in [1.82, 2.24) is 5.32 Å². The first-order valence-corrected chi connectivity index (χ1v) is 8.61. The lowest BCUT2D eigenvalue weighted by atomic mass is 10.1.